The number of likely N-dealkylation sites (N-methyl/N-ethyl adjacent to an activating group) is 2. The SMILES string of the molecule is CC[C@@]12SS[C@]3(C(=O)N1C)[C@@H](O)[C@]1([C@@]45c6cc(F)ccc6N[C@@H]4N4C(=O)[C@]6(C)SS[C@]4(C(=O)N6C)[C@H]5OC(=O)CCC(C)=O)c4cc(F)ccc4C[C@@H]1N3C2=O. The van der Waals surface area contributed by atoms with Crippen molar-refractivity contribution in [3.63, 3.8) is 0 Å². The average molecular weight is 844 g/mol. The van der Waals surface area contributed by atoms with Gasteiger partial charge in [-0.1, -0.05) is 34.6 Å². The van der Waals surface area contributed by atoms with Crippen LogP contribution in [0.4, 0.5) is 14.5 Å². The van der Waals surface area contributed by atoms with Crippen LogP contribution in [0, 0.1) is 11.6 Å². The normalized spacial score (nSPS) is 40.7. The van der Waals surface area contributed by atoms with Crippen LogP contribution >= 0.6 is 43.2 Å². The molecule has 2 N–H and O–H groups in total. The number of nitrogens with zero attached hydrogens (tertiary/aromatic N) is 4. The van der Waals surface area contributed by atoms with Crippen LogP contribution < -0.4 is 5.32 Å². The fourth-order valence-electron chi connectivity index (χ4n) is 11.2. The number of ether oxygens (including phenoxy) is 1. The van der Waals surface area contributed by atoms with Crippen LogP contribution in [0.5, 0.6) is 0 Å². The lowest BCUT2D eigenvalue weighted by Crippen LogP contribution is -2.77. The fraction of sp³-hybridized carbons (Fsp3) is 0.514. The van der Waals surface area contributed by atoms with Gasteiger partial charge in [0.05, 0.1) is 23.3 Å². The number of halogens is 2. The molecular weight excluding hydrogens is 809 g/mol. The van der Waals surface area contributed by atoms with Gasteiger partial charge in [0.2, 0.25) is 9.74 Å². The first-order valence-corrected chi connectivity index (χ1v) is 22.5. The van der Waals surface area contributed by atoms with Crippen molar-refractivity contribution >= 4 is 84.2 Å². The second-order valence-electron chi connectivity index (χ2n) is 15.9. The van der Waals surface area contributed by atoms with Crippen molar-refractivity contribution in [2.45, 2.75) is 101 Å². The van der Waals surface area contributed by atoms with E-state index in [9.17, 15) is 19.5 Å². The fourth-order valence-corrected chi connectivity index (χ4v) is 18.8. The number of ketones is 1. The smallest absolute Gasteiger partial charge is 0.306 e. The van der Waals surface area contributed by atoms with Gasteiger partial charge >= 0.3 is 5.97 Å². The number of hydrogen-bond acceptors (Lipinski definition) is 13. The van der Waals surface area contributed by atoms with Gasteiger partial charge in [-0.15, -0.1) is 0 Å². The molecule has 2 aromatic carbocycles. The van der Waals surface area contributed by atoms with Gasteiger partial charge in [-0.25, -0.2) is 8.78 Å². The average Bonchev–Trinajstić information content (AvgIpc) is 3.81. The Bertz CT molecular complexity index is 2290. The van der Waals surface area contributed by atoms with E-state index in [0.717, 1.165) is 43.2 Å². The Morgan fingerprint density at radius 1 is 0.857 bits per heavy atom. The Hall–Kier alpha value is -3.52. The molecule has 10 aliphatic rings. The van der Waals surface area contributed by atoms with Gasteiger partial charge in [0, 0.05) is 26.2 Å². The monoisotopic (exact) mass is 843 g/mol. The zero-order valence-electron chi connectivity index (χ0n) is 30.6. The zero-order chi connectivity index (χ0) is 39.9. The summed E-state index contributed by atoms with van der Waals surface area (Å²) in [4.78, 5) is 85.3. The van der Waals surface area contributed by atoms with Gasteiger partial charge < -0.3 is 34.7 Å². The number of nitrogens with one attached hydrogen (secondary N) is 1. The number of benzene rings is 2. The number of aliphatic hydroxyl groups is 1. The maximum Gasteiger partial charge on any atom is 0.306 e. The molecule has 56 heavy (non-hydrogen) atoms. The minimum atomic E-state index is -2.09. The molecule has 19 heteroatoms. The van der Waals surface area contributed by atoms with Crippen LogP contribution in [-0.4, -0.2) is 118 Å². The number of fused-ring (bicyclic) bond motifs is 11. The van der Waals surface area contributed by atoms with Crippen LogP contribution in [0.3, 0.4) is 0 Å². The highest BCUT2D eigenvalue weighted by atomic mass is 33.1. The molecule has 0 unspecified atom stereocenters. The second-order valence-corrected chi connectivity index (χ2v) is 21.3. The molecule has 9 heterocycles. The number of carbonyl (C=O) groups is 6. The second kappa shape index (κ2) is 11.1. The third-order valence-corrected chi connectivity index (χ3v) is 21.2. The molecule has 0 aromatic heterocycles. The molecule has 13 nitrogen and oxygen atoms in total. The lowest BCUT2D eigenvalue weighted by Gasteiger charge is -2.59. The van der Waals surface area contributed by atoms with Crippen LogP contribution in [0.25, 0.3) is 0 Å². The number of piperazine rings is 2. The van der Waals surface area contributed by atoms with E-state index < -0.39 is 102 Å². The summed E-state index contributed by atoms with van der Waals surface area (Å²) in [6.07, 6.45) is -5.47. The van der Waals surface area contributed by atoms with E-state index in [1.807, 2.05) is 0 Å². The number of carbonyl (C=O) groups excluding carboxylic acids is 6. The lowest BCUT2D eigenvalue weighted by molar-refractivity contribution is -0.173. The molecule has 12 rings (SSSR count). The summed E-state index contributed by atoms with van der Waals surface area (Å²) in [6, 6.07) is 6.70. The molecule has 1 aliphatic carbocycles. The number of anilines is 1. The van der Waals surface area contributed by atoms with E-state index >= 15 is 23.2 Å². The summed E-state index contributed by atoms with van der Waals surface area (Å²) in [5.74, 6) is -4.86. The Morgan fingerprint density at radius 3 is 2.21 bits per heavy atom. The maximum absolute atomic E-state index is 16.0. The maximum atomic E-state index is 16.0. The predicted octanol–water partition coefficient (Wildman–Crippen LogP) is 3.09. The van der Waals surface area contributed by atoms with E-state index in [2.05, 4.69) is 5.32 Å². The van der Waals surface area contributed by atoms with Crippen molar-refractivity contribution in [2.75, 3.05) is 19.4 Å². The third kappa shape index (κ3) is 3.59. The van der Waals surface area contributed by atoms with E-state index in [1.165, 1.54) is 71.0 Å². The largest absolute Gasteiger partial charge is 0.457 e. The minimum absolute atomic E-state index is 0.000699. The van der Waals surface area contributed by atoms with E-state index in [1.54, 1.807) is 19.9 Å². The van der Waals surface area contributed by atoms with Crippen LogP contribution in [0.1, 0.15) is 56.7 Å². The number of Topliss-reactive ketones (excluding diaryl/α,β-unsaturated/α-hetero) is 1. The van der Waals surface area contributed by atoms with Crippen molar-refractivity contribution in [3.05, 3.63) is 64.7 Å². The topological polar surface area (TPSA) is 157 Å². The van der Waals surface area contributed by atoms with Gasteiger partial charge in [0.1, 0.15) is 29.7 Å². The van der Waals surface area contributed by atoms with Crippen LogP contribution in [-0.2, 0) is 50.8 Å². The quantitative estimate of drug-likeness (QED) is 0.324. The van der Waals surface area contributed by atoms with E-state index in [-0.39, 0.29) is 41.9 Å². The van der Waals surface area contributed by atoms with Crippen LogP contribution in [0.15, 0.2) is 36.4 Å². The Kier molecular flexibility index (Phi) is 7.32. The van der Waals surface area contributed by atoms with E-state index in [4.69, 9.17) is 4.74 Å². The highest BCUT2D eigenvalue weighted by molar-refractivity contribution is 8.78. The highest BCUT2D eigenvalue weighted by Gasteiger charge is 2.93. The Morgan fingerprint density at radius 2 is 1.52 bits per heavy atom. The lowest BCUT2D eigenvalue weighted by atomic mass is 9.51. The standard InChI is InChI=1S/C37H35F2N5O8S4/c1-6-33-29(49)43-23-13-17-8-9-18(38)14-20(17)34(23,25(47)36(43,55-54-33)30(50)42(33)5)35-21-15-19(39)10-11-22(21)40-27(35)44-28(48)32(3)41(4)31(51)37(44,56-53-32)26(35)52-24(46)12-7-16(2)45/h8-11,14-15,23,25-27,40,47H,6-7,12-13H2,1-5H3/t23-,25-,26-,27+,32-,33-,34-,35+,36-,37-/m0/s1. The minimum Gasteiger partial charge on any atom is -0.457 e. The first-order chi connectivity index (χ1) is 26.5. The third-order valence-electron chi connectivity index (χ3n) is 13.8. The van der Waals surface area contributed by atoms with Gasteiger partial charge in [0.25, 0.3) is 23.6 Å². The molecule has 0 saturated carbocycles. The summed E-state index contributed by atoms with van der Waals surface area (Å²) in [6.45, 7) is 4.69. The molecule has 2 spiro atoms. The number of esters is 1. The Labute approximate surface area is 335 Å². The number of amides is 4. The first kappa shape index (κ1) is 36.8. The molecular formula is C37H35F2N5O8S4. The van der Waals surface area contributed by atoms with Gasteiger partial charge in [-0.2, -0.15) is 0 Å². The van der Waals surface area contributed by atoms with E-state index in [0.29, 0.717) is 5.56 Å². The summed E-state index contributed by atoms with van der Waals surface area (Å²) in [7, 11) is 7.26. The molecule has 9 aliphatic heterocycles. The molecule has 4 amide bonds. The number of rotatable bonds is 6. The summed E-state index contributed by atoms with van der Waals surface area (Å²) >= 11 is 0. The van der Waals surface area contributed by atoms with Gasteiger partial charge in [-0.3, -0.25) is 28.9 Å². The number of aliphatic hydroxyl groups excluding tert-OH is 1. The zero-order valence-corrected chi connectivity index (χ0v) is 33.9. The molecule has 8 fully saturated rings. The Balaban J connectivity index is 1.36. The molecule has 4 bridgehead atoms. The van der Waals surface area contributed by atoms with Crippen molar-refractivity contribution < 1.29 is 47.4 Å². The molecule has 2 aromatic rings. The van der Waals surface area contributed by atoms with Gasteiger partial charge in [-0.05, 0) is 95.3 Å². The molecule has 8 saturated heterocycles. The first-order valence-electron chi connectivity index (χ1n) is 18.2. The summed E-state index contributed by atoms with van der Waals surface area (Å²) in [5.41, 5.74) is -3.07. The van der Waals surface area contributed by atoms with Crippen molar-refractivity contribution in [3.8, 4) is 0 Å². The van der Waals surface area contributed by atoms with Gasteiger partial charge in [0.15, 0.2) is 15.8 Å². The van der Waals surface area contributed by atoms with Crippen molar-refractivity contribution in [2.24, 2.45) is 0 Å². The summed E-state index contributed by atoms with van der Waals surface area (Å²) < 4.78 is 38.6. The van der Waals surface area contributed by atoms with Crippen molar-refractivity contribution in [1.29, 1.82) is 0 Å². The molecule has 0 radical (unpaired) electrons. The molecule has 294 valence electrons. The van der Waals surface area contributed by atoms with Crippen LogP contribution in [0.2, 0.25) is 0 Å². The molecule has 10 atom stereocenters. The predicted molar refractivity (Wildman–Crippen MR) is 203 cm³/mol. The summed E-state index contributed by atoms with van der Waals surface area (Å²) in [5, 5.41) is 17.1. The number of hydrogen-bond donors (Lipinski definition) is 2. The highest BCUT2D eigenvalue weighted by Crippen LogP contribution is 2.79. The van der Waals surface area contributed by atoms with Crippen molar-refractivity contribution in [1.82, 2.24) is 19.6 Å².